The number of hydrogen-bond acceptors (Lipinski definition) is 5. The average molecular weight is 481 g/mol. The van der Waals surface area contributed by atoms with Crippen molar-refractivity contribution in [1.29, 1.82) is 0 Å². The van der Waals surface area contributed by atoms with Gasteiger partial charge in [0.25, 0.3) is 0 Å². The third-order valence-electron chi connectivity index (χ3n) is 6.97. The molecular weight excluding hydrogens is 448 g/mol. The van der Waals surface area contributed by atoms with Crippen molar-refractivity contribution in [3.63, 3.8) is 0 Å². The van der Waals surface area contributed by atoms with Crippen LogP contribution in [-0.2, 0) is 19.1 Å². The maximum absolute atomic E-state index is 13.3. The van der Waals surface area contributed by atoms with Gasteiger partial charge in [0.05, 0.1) is 13.2 Å². The third kappa shape index (κ3) is 5.32. The number of carbonyl (C=O) groups excluding carboxylic acids is 2. The molecule has 1 heterocycles. The molecule has 3 atom stereocenters. The van der Waals surface area contributed by atoms with E-state index in [0.29, 0.717) is 6.42 Å². The van der Waals surface area contributed by atoms with Crippen molar-refractivity contribution in [3.8, 4) is 11.1 Å². The molecule has 4 rings (SSSR count). The summed E-state index contributed by atoms with van der Waals surface area (Å²) in [4.78, 5) is 39.1. The topological polar surface area (TPSA) is 105 Å². The lowest BCUT2D eigenvalue weighted by molar-refractivity contribution is -0.159. The van der Waals surface area contributed by atoms with E-state index in [1.807, 2.05) is 50.2 Å². The number of hydrogen-bond donors (Lipinski definition) is 2. The molecule has 2 N–H and O–H groups in total. The van der Waals surface area contributed by atoms with Crippen LogP contribution in [0.25, 0.3) is 11.1 Å². The normalized spacial score (nSPS) is 18.8. The summed E-state index contributed by atoms with van der Waals surface area (Å²) < 4.78 is 10.9. The van der Waals surface area contributed by atoms with Crippen LogP contribution in [0.3, 0.4) is 0 Å². The lowest BCUT2D eigenvalue weighted by atomic mass is 9.97. The number of carbonyl (C=O) groups is 3. The SMILES string of the molecule is CCC(C)CC(NC(=O)OCC1c2ccccc2-c2ccccc21)C(=O)N1CCOCC1C(=O)O. The van der Waals surface area contributed by atoms with Gasteiger partial charge in [-0.1, -0.05) is 68.8 Å². The van der Waals surface area contributed by atoms with Gasteiger partial charge in [0, 0.05) is 12.5 Å². The number of nitrogens with one attached hydrogen (secondary N) is 1. The van der Waals surface area contributed by atoms with Crippen LogP contribution in [-0.4, -0.2) is 66.4 Å². The molecule has 1 saturated heterocycles. The lowest BCUT2D eigenvalue weighted by Crippen LogP contribution is -2.58. The third-order valence-corrected chi connectivity index (χ3v) is 6.97. The minimum atomic E-state index is -1.12. The predicted molar refractivity (Wildman–Crippen MR) is 130 cm³/mol. The van der Waals surface area contributed by atoms with E-state index in [-0.39, 0.29) is 38.2 Å². The Hall–Kier alpha value is -3.39. The van der Waals surface area contributed by atoms with Crippen molar-refractivity contribution in [1.82, 2.24) is 10.2 Å². The molecule has 0 radical (unpaired) electrons. The monoisotopic (exact) mass is 480 g/mol. The summed E-state index contributed by atoms with van der Waals surface area (Å²) in [6, 6.07) is 14.2. The largest absolute Gasteiger partial charge is 0.480 e. The van der Waals surface area contributed by atoms with Crippen LogP contribution in [0, 0.1) is 5.92 Å². The summed E-state index contributed by atoms with van der Waals surface area (Å²) in [5.74, 6) is -1.48. The van der Waals surface area contributed by atoms with Gasteiger partial charge in [0.2, 0.25) is 5.91 Å². The number of nitrogens with zero attached hydrogens (tertiary/aromatic N) is 1. The van der Waals surface area contributed by atoms with Gasteiger partial charge in [-0.15, -0.1) is 0 Å². The highest BCUT2D eigenvalue weighted by Crippen LogP contribution is 2.44. The second-order valence-corrected chi connectivity index (χ2v) is 9.23. The van der Waals surface area contributed by atoms with E-state index in [0.717, 1.165) is 28.7 Å². The molecule has 0 bridgehead atoms. The van der Waals surface area contributed by atoms with Crippen molar-refractivity contribution >= 4 is 18.0 Å². The number of ether oxygens (including phenoxy) is 2. The van der Waals surface area contributed by atoms with E-state index in [4.69, 9.17) is 9.47 Å². The number of fused-ring (bicyclic) bond motifs is 3. The highest BCUT2D eigenvalue weighted by Gasteiger charge is 2.37. The number of morpholine rings is 1. The Morgan fingerprint density at radius 1 is 1.11 bits per heavy atom. The molecule has 2 aromatic rings. The molecule has 2 aromatic carbocycles. The van der Waals surface area contributed by atoms with Crippen LogP contribution in [0.15, 0.2) is 48.5 Å². The molecule has 8 heteroatoms. The summed E-state index contributed by atoms with van der Waals surface area (Å²) in [5, 5.41) is 12.3. The van der Waals surface area contributed by atoms with Gasteiger partial charge in [-0.25, -0.2) is 9.59 Å². The van der Waals surface area contributed by atoms with Crippen LogP contribution in [0.5, 0.6) is 0 Å². The number of benzene rings is 2. The van der Waals surface area contributed by atoms with E-state index in [1.54, 1.807) is 0 Å². The zero-order valence-corrected chi connectivity index (χ0v) is 20.1. The fourth-order valence-corrected chi connectivity index (χ4v) is 4.85. The van der Waals surface area contributed by atoms with Crippen LogP contribution >= 0.6 is 0 Å². The van der Waals surface area contributed by atoms with E-state index >= 15 is 0 Å². The molecule has 8 nitrogen and oxygen atoms in total. The van der Waals surface area contributed by atoms with Crippen molar-refractivity contribution in [2.75, 3.05) is 26.4 Å². The van der Waals surface area contributed by atoms with Gasteiger partial charge in [-0.3, -0.25) is 4.79 Å². The second-order valence-electron chi connectivity index (χ2n) is 9.23. The smallest absolute Gasteiger partial charge is 0.407 e. The fraction of sp³-hybridized carbons (Fsp3) is 0.444. The first-order valence-corrected chi connectivity index (χ1v) is 12.1. The van der Waals surface area contributed by atoms with E-state index in [1.165, 1.54) is 4.90 Å². The Labute approximate surface area is 205 Å². The first-order chi connectivity index (χ1) is 16.9. The van der Waals surface area contributed by atoms with Gasteiger partial charge in [0.1, 0.15) is 12.6 Å². The number of rotatable bonds is 8. The van der Waals surface area contributed by atoms with Crippen molar-refractivity contribution in [2.45, 2.75) is 44.7 Å². The van der Waals surface area contributed by atoms with Crippen molar-refractivity contribution < 1.29 is 29.0 Å². The highest BCUT2D eigenvalue weighted by atomic mass is 16.5. The predicted octanol–water partition coefficient (Wildman–Crippen LogP) is 3.64. The average Bonchev–Trinajstić information content (AvgIpc) is 3.20. The van der Waals surface area contributed by atoms with Crippen LogP contribution < -0.4 is 5.32 Å². The summed E-state index contributed by atoms with van der Waals surface area (Å²) in [5.41, 5.74) is 4.47. The van der Waals surface area contributed by atoms with Gasteiger partial charge in [0.15, 0.2) is 6.04 Å². The van der Waals surface area contributed by atoms with Crippen molar-refractivity contribution in [2.24, 2.45) is 5.92 Å². The Morgan fingerprint density at radius 3 is 2.34 bits per heavy atom. The van der Waals surface area contributed by atoms with E-state index in [2.05, 4.69) is 17.4 Å². The standard InChI is InChI=1S/C27H32N2O6/c1-3-17(2)14-23(25(30)29-12-13-34-16-24(29)26(31)32)28-27(33)35-15-22-20-10-6-4-8-18(20)19-9-5-7-11-21(19)22/h4-11,17,22-24H,3,12-16H2,1-2H3,(H,28,33)(H,31,32). The maximum Gasteiger partial charge on any atom is 0.407 e. The summed E-state index contributed by atoms with van der Waals surface area (Å²) in [6.45, 7) is 4.50. The van der Waals surface area contributed by atoms with Gasteiger partial charge < -0.3 is 24.8 Å². The maximum atomic E-state index is 13.3. The molecule has 0 spiro atoms. The Morgan fingerprint density at radius 2 is 1.74 bits per heavy atom. The molecule has 1 fully saturated rings. The van der Waals surface area contributed by atoms with E-state index in [9.17, 15) is 19.5 Å². The van der Waals surface area contributed by atoms with E-state index < -0.39 is 30.1 Å². The zero-order valence-electron chi connectivity index (χ0n) is 20.1. The number of amides is 2. The number of carboxylic acids is 1. The first-order valence-electron chi connectivity index (χ1n) is 12.1. The molecule has 1 aliphatic carbocycles. The van der Waals surface area contributed by atoms with Crippen LogP contribution in [0.1, 0.15) is 43.7 Å². The van der Waals surface area contributed by atoms with Gasteiger partial charge in [-0.05, 0) is 34.6 Å². The minimum absolute atomic E-state index is 0.0674. The minimum Gasteiger partial charge on any atom is -0.480 e. The number of aliphatic carboxylic acids is 1. The summed E-state index contributed by atoms with van der Waals surface area (Å²) in [6.07, 6.45) is 0.527. The number of alkyl carbamates (subject to hydrolysis) is 1. The fourth-order valence-electron chi connectivity index (χ4n) is 4.85. The van der Waals surface area contributed by atoms with Crippen LogP contribution in [0.2, 0.25) is 0 Å². The molecule has 2 aliphatic rings. The highest BCUT2D eigenvalue weighted by molar-refractivity contribution is 5.89. The molecule has 2 amide bonds. The number of carboxylic acid groups (broad SMARTS) is 1. The Kier molecular flexibility index (Phi) is 7.70. The summed E-state index contributed by atoms with van der Waals surface area (Å²) in [7, 11) is 0. The quantitative estimate of drug-likeness (QED) is 0.598. The molecule has 0 saturated carbocycles. The summed E-state index contributed by atoms with van der Waals surface area (Å²) >= 11 is 0. The molecule has 3 unspecified atom stereocenters. The van der Waals surface area contributed by atoms with Gasteiger partial charge in [-0.2, -0.15) is 0 Å². The van der Waals surface area contributed by atoms with Crippen molar-refractivity contribution in [3.05, 3.63) is 59.7 Å². The Bertz CT molecular complexity index is 1040. The lowest BCUT2D eigenvalue weighted by Gasteiger charge is -2.35. The zero-order chi connectivity index (χ0) is 24.9. The first kappa shape index (κ1) is 24.7. The molecular formula is C27H32N2O6. The molecule has 1 aliphatic heterocycles. The Balaban J connectivity index is 1.46. The molecule has 186 valence electrons. The van der Waals surface area contributed by atoms with Gasteiger partial charge >= 0.3 is 12.1 Å². The van der Waals surface area contributed by atoms with Crippen LogP contribution in [0.4, 0.5) is 4.79 Å². The second kappa shape index (κ2) is 10.9. The molecule has 0 aromatic heterocycles. The molecule has 35 heavy (non-hydrogen) atoms.